The Bertz CT molecular complexity index is 593. The highest BCUT2D eigenvalue weighted by atomic mass is 16.5. The van der Waals surface area contributed by atoms with Gasteiger partial charge in [0.05, 0.1) is 12.2 Å². The number of aromatic nitrogens is 2. The third kappa shape index (κ3) is 3.62. The van der Waals surface area contributed by atoms with Crippen molar-refractivity contribution >= 4 is 0 Å². The maximum atomic E-state index is 10.1. The van der Waals surface area contributed by atoms with E-state index in [1.807, 2.05) is 36.5 Å². The van der Waals surface area contributed by atoms with Crippen LogP contribution in [0.5, 0.6) is 5.75 Å². The van der Waals surface area contributed by atoms with Gasteiger partial charge < -0.3 is 15.6 Å². The zero-order valence-corrected chi connectivity index (χ0v) is 12.0. The Morgan fingerprint density at radius 1 is 1.33 bits per heavy atom. The van der Waals surface area contributed by atoms with Gasteiger partial charge in [0.25, 0.3) is 0 Å². The lowest BCUT2D eigenvalue weighted by Crippen LogP contribution is -2.24. The normalized spacial score (nSPS) is 15.9. The van der Waals surface area contributed by atoms with Crippen LogP contribution in [0.25, 0.3) is 0 Å². The second-order valence-corrected chi connectivity index (χ2v) is 5.51. The number of aliphatic hydroxyl groups is 1. The fourth-order valence-corrected chi connectivity index (χ4v) is 2.34. The monoisotopic (exact) mass is 287 g/mol. The van der Waals surface area contributed by atoms with Crippen LogP contribution in [-0.2, 0) is 13.1 Å². The van der Waals surface area contributed by atoms with E-state index >= 15 is 0 Å². The van der Waals surface area contributed by atoms with Gasteiger partial charge in [0.15, 0.2) is 0 Å². The second kappa shape index (κ2) is 6.28. The molecule has 5 nitrogen and oxygen atoms in total. The van der Waals surface area contributed by atoms with E-state index in [0.29, 0.717) is 19.0 Å². The first kappa shape index (κ1) is 14.1. The van der Waals surface area contributed by atoms with E-state index < -0.39 is 6.10 Å². The molecule has 3 rings (SSSR count). The highest BCUT2D eigenvalue weighted by Gasteiger charge is 2.25. The van der Waals surface area contributed by atoms with E-state index in [1.165, 1.54) is 12.8 Å². The van der Waals surface area contributed by atoms with Gasteiger partial charge in [0.2, 0.25) is 0 Å². The van der Waals surface area contributed by atoms with Crippen molar-refractivity contribution in [3.63, 3.8) is 0 Å². The summed E-state index contributed by atoms with van der Waals surface area (Å²) in [4.78, 5) is 0. The van der Waals surface area contributed by atoms with Crippen molar-refractivity contribution in [2.45, 2.75) is 38.0 Å². The highest BCUT2D eigenvalue weighted by molar-refractivity contribution is 5.32. The lowest BCUT2D eigenvalue weighted by molar-refractivity contribution is 0.0888. The lowest BCUT2D eigenvalue weighted by atomic mass is 10.2. The first-order chi connectivity index (χ1) is 10.3. The molecule has 0 radical (unpaired) electrons. The molecule has 1 fully saturated rings. The third-order valence-corrected chi connectivity index (χ3v) is 3.68. The van der Waals surface area contributed by atoms with E-state index in [-0.39, 0.29) is 6.61 Å². The summed E-state index contributed by atoms with van der Waals surface area (Å²) in [6, 6.07) is 9.66. The van der Waals surface area contributed by atoms with Crippen LogP contribution in [0.4, 0.5) is 0 Å². The number of nitrogens with two attached hydrogens (primary N) is 1. The summed E-state index contributed by atoms with van der Waals surface area (Å²) in [5, 5.41) is 14.6. The summed E-state index contributed by atoms with van der Waals surface area (Å²) < 4.78 is 7.45. The smallest absolute Gasteiger partial charge is 0.123 e. The molecule has 5 heteroatoms. The van der Waals surface area contributed by atoms with Gasteiger partial charge in [-0.15, -0.1) is 0 Å². The number of nitrogens with zero attached hydrogens (tertiary/aromatic N) is 2. The van der Waals surface area contributed by atoms with Crippen molar-refractivity contribution in [3.05, 3.63) is 47.8 Å². The van der Waals surface area contributed by atoms with Crippen LogP contribution >= 0.6 is 0 Å². The zero-order valence-electron chi connectivity index (χ0n) is 12.0. The molecule has 0 bridgehead atoms. The third-order valence-electron chi connectivity index (χ3n) is 3.68. The summed E-state index contributed by atoms with van der Waals surface area (Å²) in [6.45, 7) is 1.10. The molecule has 0 aliphatic heterocycles. The molecule has 0 saturated heterocycles. The second-order valence-electron chi connectivity index (χ2n) is 5.51. The topological polar surface area (TPSA) is 73.3 Å². The quantitative estimate of drug-likeness (QED) is 0.812. The van der Waals surface area contributed by atoms with E-state index in [0.717, 1.165) is 17.0 Å². The van der Waals surface area contributed by atoms with Gasteiger partial charge in [-0.3, -0.25) is 4.68 Å². The molecule has 21 heavy (non-hydrogen) atoms. The molecule has 0 spiro atoms. The summed E-state index contributed by atoms with van der Waals surface area (Å²) >= 11 is 0. The van der Waals surface area contributed by atoms with Crippen LogP contribution in [-0.4, -0.2) is 27.6 Å². The van der Waals surface area contributed by atoms with Crippen molar-refractivity contribution in [1.29, 1.82) is 0 Å². The van der Waals surface area contributed by atoms with E-state index in [4.69, 9.17) is 10.5 Å². The number of para-hydroxylation sites is 1. The number of aliphatic hydroxyl groups excluding tert-OH is 1. The van der Waals surface area contributed by atoms with E-state index in [2.05, 4.69) is 5.10 Å². The van der Waals surface area contributed by atoms with Crippen LogP contribution in [0.2, 0.25) is 0 Å². The molecule has 2 aromatic rings. The Morgan fingerprint density at radius 3 is 2.90 bits per heavy atom. The predicted octanol–water partition coefficient (Wildman–Crippen LogP) is 1.66. The molecule has 1 aromatic carbocycles. The maximum absolute atomic E-state index is 10.1. The van der Waals surface area contributed by atoms with Gasteiger partial charge in [-0.05, 0) is 25.0 Å². The first-order valence-corrected chi connectivity index (χ1v) is 7.38. The highest BCUT2D eigenvalue weighted by Crippen LogP contribution is 2.38. The zero-order chi connectivity index (χ0) is 14.7. The standard InChI is InChI=1S/C16H21N3O2/c17-9-13-3-1-2-4-16(13)21-11-14(20)10-19-8-7-15(18-19)12-5-6-12/h1-4,7-8,12,14,20H,5-6,9-11,17H2. The number of benzene rings is 1. The van der Waals surface area contributed by atoms with Crippen LogP contribution in [0, 0.1) is 0 Å². The minimum absolute atomic E-state index is 0.232. The first-order valence-electron chi connectivity index (χ1n) is 7.38. The average molecular weight is 287 g/mol. The molecule has 1 aliphatic carbocycles. The fraction of sp³-hybridized carbons (Fsp3) is 0.438. The number of ether oxygens (including phenoxy) is 1. The van der Waals surface area contributed by atoms with Gasteiger partial charge in [-0.2, -0.15) is 5.10 Å². The molecule has 1 atom stereocenters. The molecular formula is C16H21N3O2. The Morgan fingerprint density at radius 2 is 2.14 bits per heavy atom. The average Bonchev–Trinajstić information content (AvgIpc) is 3.26. The SMILES string of the molecule is NCc1ccccc1OCC(O)Cn1ccc(C2CC2)n1. The largest absolute Gasteiger partial charge is 0.490 e. The molecule has 0 amide bonds. The van der Waals surface area contributed by atoms with Gasteiger partial charge in [-0.1, -0.05) is 18.2 Å². The van der Waals surface area contributed by atoms with Crippen LogP contribution in [0.15, 0.2) is 36.5 Å². The number of hydrogen-bond acceptors (Lipinski definition) is 4. The molecular weight excluding hydrogens is 266 g/mol. The molecule has 1 heterocycles. The molecule has 1 unspecified atom stereocenters. The Hall–Kier alpha value is -1.85. The molecule has 1 saturated carbocycles. The molecule has 3 N–H and O–H groups in total. The number of rotatable bonds is 7. The summed E-state index contributed by atoms with van der Waals surface area (Å²) in [6.07, 6.45) is 3.80. The van der Waals surface area contributed by atoms with Crippen molar-refractivity contribution in [3.8, 4) is 5.75 Å². The minimum atomic E-state index is -0.595. The van der Waals surface area contributed by atoms with Crippen LogP contribution in [0.3, 0.4) is 0 Å². The molecule has 1 aliphatic rings. The lowest BCUT2D eigenvalue weighted by Gasteiger charge is -2.14. The molecule has 112 valence electrons. The Labute approximate surface area is 124 Å². The van der Waals surface area contributed by atoms with E-state index in [9.17, 15) is 5.11 Å². The van der Waals surface area contributed by atoms with Crippen molar-refractivity contribution in [2.75, 3.05) is 6.61 Å². The maximum Gasteiger partial charge on any atom is 0.123 e. The fourth-order valence-electron chi connectivity index (χ4n) is 2.34. The predicted molar refractivity (Wildman–Crippen MR) is 80.0 cm³/mol. The Kier molecular flexibility index (Phi) is 4.22. The van der Waals surface area contributed by atoms with E-state index in [1.54, 1.807) is 4.68 Å². The van der Waals surface area contributed by atoms with Crippen LogP contribution in [0.1, 0.15) is 30.0 Å². The van der Waals surface area contributed by atoms with Crippen molar-refractivity contribution in [2.24, 2.45) is 5.73 Å². The minimum Gasteiger partial charge on any atom is -0.490 e. The number of hydrogen-bond donors (Lipinski definition) is 2. The van der Waals surface area contributed by atoms with Gasteiger partial charge in [-0.25, -0.2) is 0 Å². The van der Waals surface area contributed by atoms with Crippen molar-refractivity contribution < 1.29 is 9.84 Å². The van der Waals surface area contributed by atoms with Crippen molar-refractivity contribution in [1.82, 2.24) is 9.78 Å². The summed E-state index contributed by atoms with van der Waals surface area (Å²) in [5.41, 5.74) is 7.74. The van der Waals surface area contributed by atoms with Gasteiger partial charge in [0, 0.05) is 24.2 Å². The van der Waals surface area contributed by atoms with Crippen LogP contribution < -0.4 is 10.5 Å². The van der Waals surface area contributed by atoms with Gasteiger partial charge >= 0.3 is 0 Å². The van der Waals surface area contributed by atoms with Gasteiger partial charge in [0.1, 0.15) is 18.5 Å². The summed E-state index contributed by atoms with van der Waals surface area (Å²) in [7, 11) is 0. The Balaban J connectivity index is 1.52. The summed E-state index contributed by atoms with van der Waals surface area (Å²) in [5.74, 6) is 1.37. The molecule has 1 aromatic heterocycles.